The molecule has 3 aliphatic heterocycles. The van der Waals surface area contributed by atoms with Crippen LogP contribution in [0.5, 0.6) is 0 Å². The Morgan fingerprint density at radius 3 is 2.72 bits per heavy atom. The van der Waals surface area contributed by atoms with Crippen LogP contribution >= 0.6 is 23.7 Å². The summed E-state index contributed by atoms with van der Waals surface area (Å²) in [7, 11) is 0. The zero-order chi connectivity index (χ0) is 16.9. The van der Waals surface area contributed by atoms with Crippen LogP contribution in [0.25, 0.3) is 10.1 Å². The van der Waals surface area contributed by atoms with Gasteiger partial charge in [0.15, 0.2) is 0 Å². The zero-order valence-corrected chi connectivity index (χ0v) is 16.0. The van der Waals surface area contributed by atoms with Crippen LogP contribution in [0.3, 0.4) is 0 Å². The van der Waals surface area contributed by atoms with E-state index < -0.39 is 0 Å². The summed E-state index contributed by atoms with van der Waals surface area (Å²) in [6.45, 7) is 6.75. The Hall–Kier alpha value is -1.61. The molecule has 3 fully saturated rings. The summed E-state index contributed by atoms with van der Waals surface area (Å²) in [5, 5.41) is 13.5. The van der Waals surface area contributed by atoms with E-state index in [1.54, 1.807) is 6.07 Å². The smallest absolute Gasteiger partial charge is 0.261 e. The van der Waals surface area contributed by atoms with Crippen LogP contribution in [0.15, 0.2) is 24.3 Å². The predicted molar refractivity (Wildman–Crippen MR) is 103 cm³/mol. The lowest BCUT2D eigenvalue weighted by atomic mass is 9.72. The molecule has 4 heterocycles. The van der Waals surface area contributed by atoms with Gasteiger partial charge in [-0.15, -0.1) is 23.7 Å². The number of hydrogen-bond acceptors (Lipinski definition) is 4. The van der Waals surface area contributed by atoms with Crippen molar-refractivity contribution in [2.75, 3.05) is 13.1 Å². The van der Waals surface area contributed by atoms with Crippen molar-refractivity contribution in [3.05, 3.63) is 34.7 Å². The van der Waals surface area contributed by atoms with E-state index in [0.29, 0.717) is 16.4 Å². The van der Waals surface area contributed by atoms with Gasteiger partial charge in [0, 0.05) is 11.6 Å². The molecular formula is C19H22ClN3OS. The molecule has 1 aromatic heterocycles. The second kappa shape index (κ2) is 6.60. The van der Waals surface area contributed by atoms with Crippen molar-refractivity contribution >= 4 is 39.7 Å². The molecule has 1 amide bonds. The Morgan fingerprint density at radius 2 is 2.08 bits per heavy atom. The largest absolute Gasteiger partial charge is 0.346 e. The van der Waals surface area contributed by atoms with Gasteiger partial charge in [0.25, 0.3) is 5.91 Å². The molecule has 0 radical (unpaired) electrons. The normalized spacial score (nSPS) is 26.7. The summed E-state index contributed by atoms with van der Waals surface area (Å²) < 4.78 is 0.901. The average molecular weight is 376 g/mol. The lowest BCUT2D eigenvalue weighted by molar-refractivity contribution is -0.0377. The van der Waals surface area contributed by atoms with Gasteiger partial charge in [-0.2, -0.15) is 5.26 Å². The third-order valence-electron chi connectivity index (χ3n) is 5.76. The topological polar surface area (TPSA) is 56.1 Å². The zero-order valence-electron chi connectivity index (χ0n) is 14.4. The number of rotatable bonds is 2. The Balaban J connectivity index is 0.00000182. The van der Waals surface area contributed by atoms with Gasteiger partial charge in [-0.1, -0.05) is 12.1 Å². The molecule has 132 valence electrons. The maximum atomic E-state index is 12.8. The Morgan fingerprint density at radius 1 is 1.36 bits per heavy atom. The number of fused-ring (bicyclic) bond motifs is 4. The number of benzene rings is 1. The quantitative estimate of drug-likeness (QED) is 0.868. The van der Waals surface area contributed by atoms with E-state index in [-0.39, 0.29) is 29.9 Å². The van der Waals surface area contributed by atoms with E-state index in [4.69, 9.17) is 0 Å². The fraction of sp³-hybridized carbons (Fsp3) is 0.474. The maximum absolute atomic E-state index is 12.8. The average Bonchev–Trinajstić information content (AvgIpc) is 3.02. The third-order valence-corrected chi connectivity index (χ3v) is 6.94. The molecule has 4 nitrogen and oxygen atoms in total. The molecule has 25 heavy (non-hydrogen) atoms. The molecule has 1 unspecified atom stereocenters. The van der Waals surface area contributed by atoms with Crippen LogP contribution in [-0.4, -0.2) is 35.5 Å². The minimum atomic E-state index is -0.00749. The molecule has 0 saturated carbocycles. The second-order valence-corrected chi connectivity index (χ2v) is 8.43. The molecule has 1 N–H and O–H groups in total. The molecular weight excluding hydrogens is 354 g/mol. The molecule has 3 saturated heterocycles. The first kappa shape index (κ1) is 18.2. The highest BCUT2D eigenvalue weighted by Gasteiger charge is 2.48. The van der Waals surface area contributed by atoms with Crippen molar-refractivity contribution in [3.8, 4) is 6.07 Å². The molecule has 1 atom stereocenters. The van der Waals surface area contributed by atoms with E-state index >= 15 is 0 Å². The molecule has 2 aromatic rings. The molecule has 5 rings (SSSR count). The number of piperidine rings is 3. The van der Waals surface area contributed by atoms with Gasteiger partial charge in [0.05, 0.1) is 15.1 Å². The van der Waals surface area contributed by atoms with Crippen LogP contribution < -0.4 is 5.32 Å². The van der Waals surface area contributed by atoms with E-state index in [2.05, 4.69) is 30.1 Å². The molecule has 1 aromatic carbocycles. The molecule has 0 aliphatic carbocycles. The highest BCUT2D eigenvalue weighted by molar-refractivity contribution is 7.21. The Bertz CT molecular complexity index is 846. The highest BCUT2D eigenvalue weighted by Crippen LogP contribution is 2.39. The fourth-order valence-corrected chi connectivity index (χ4v) is 5.38. The number of nitrogens with one attached hydrogen (secondary N) is 1. The Kier molecular flexibility index (Phi) is 4.80. The van der Waals surface area contributed by atoms with Crippen LogP contribution in [-0.2, 0) is 0 Å². The summed E-state index contributed by atoms with van der Waals surface area (Å²) in [5.41, 5.74) is 0.644. The minimum absolute atomic E-state index is 0. The van der Waals surface area contributed by atoms with Crippen LogP contribution in [0.1, 0.15) is 41.9 Å². The lowest BCUT2D eigenvalue weighted by Gasteiger charge is -2.56. The first-order chi connectivity index (χ1) is 11.5. The summed E-state index contributed by atoms with van der Waals surface area (Å²) in [5.74, 6) is 0.560. The number of hydrogen-bond donors (Lipinski definition) is 1. The molecule has 2 bridgehead atoms. The lowest BCUT2D eigenvalue weighted by Crippen LogP contribution is -2.69. The predicted octanol–water partition coefficient (Wildman–Crippen LogP) is 3.80. The number of nitrogens with zero attached hydrogens (tertiary/aromatic N) is 2. The van der Waals surface area contributed by atoms with Gasteiger partial charge in [0.2, 0.25) is 0 Å². The van der Waals surface area contributed by atoms with Gasteiger partial charge in [-0.25, -0.2) is 0 Å². The van der Waals surface area contributed by atoms with Crippen LogP contribution in [0.2, 0.25) is 0 Å². The van der Waals surface area contributed by atoms with Gasteiger partial charge in [-0.05, 0) is 63.2 Å². The van der Waals surface area contributed by atoms with Crippen LogP contribution in [0.4, 0.5) is 0 Å². The number of nitriles is 1. The van der Waals surface area contributed by atoms with Crippen molar-refractivity contribution in [1.82, 2.24) is 10.2 Å². The maximum Gasteiger partial charge on any atom is 0.261 e. The number of carbonyl (C=O) groups is 1. The number of amides is 1. The first-order valence-electron chi connectivity index (χ1n) is 8.49. The standard InChI is InChI=1S/C19H21N3OS.ClH/c1-19(2)17(12-6-8-22(19)9-7-12)21-18(23)15-10-13-4-3-5-14(11-20)16(13)24-15;/h3-5,10,12,17H,6-9H2,1-2H3,(H,21,23);1H. The van der Waals surface area contributed by atoms with E-state index in [9.17, 15) is 10.1 Å². The van der Waals surface area contributed by atoms with Crippen molar-refractivity contribution in [2.24, 2.45) is 5.92 Å². The number of carbonyl (C=O) groups excluding carboxylic acids is 1. The van der Waals surface area contributed by atoms with E-state index in [1.165, 1.54) is 24.2 Å². The summed E-state index contributed by atoms with van der Waals surface area (Å²) >= 11 is 1.42. The first-order valence-corrected chi connectivity index (χ1v) is 9.31. The third kappa shape index (κ3) is 2.93. The fourth-order valence-electron chi connectivity index (χ4n) is 4.35. The van der Waals surface area contributed by atoms with Crippen LogP contribution in [0, 0.1) is 17.2 Å². The Labute approximate surface area is 158 Å². The second-order valence-electron chi connectivity index (χ2n) is 7.38. The molecule has 0 spiro atoms. The summed E-state index contributed by atoms with van der Waals surface area (Å²) in [6, 6.07) is 9.94. The van der Waals surface area contributed by atoms with Crippen molar-refractivity contribution in [2.45, 2.75) is 38.3 Å². The van der Waals surface area contributed by atoms with Gasteiger partial charge < -0.3 is 5.32 Å². The summed E-state index contributed by atoms with van der Waals surface area (Å²) in [4.78, 5) is 16.0. The van der Waals surface area contributed by atoms with E-state index in [1.807, 2.05) is 18.2 Å². The summed E-state index contributed by atoms with van der Waals surface area (Å²) in [6.07, 6.45) is 2.33. The molecule has 6 heteroatoms. The number of thiophene rings is 1. The highest BCUT2D eigenvalue weighted by atomic mass is 35.5. The monoisotopic (exact) mass is 375 g/mol. The molecule has 3 aliphatic rings. The number of halogens is 1. The minimum Gasteiger partial charge on any atom is -0.346 e. The SMILES string of the molecule is CC1(C)C(NC(=O)c2cc3cccc(C#N)c3s2)C2CCN1CC2.Cl. The van der Waals surface area contributed by atoms with Gasteiger partial charge >= 0.3 is 0 Å². The van der Waals surface area contributed by atoms with E-state index in [0.717, 1.165) is 23.2 Å². The van der Waals surface area contributed by atoms with Crippen molar-refractivity contribution in [1.29, 1.82) is 5.26 Å². The van der Waals surface area contributed by atoms with Crippen molar-refractivity contribution < 1.29 is 4.79 Å². The van der Waals surface area contributed by atoms with Crippen molar-refractivity contribution in [3.63, 3.8) is 0 Å². The van der Waals surface area contributed by atoms with Gasteiger partial charge in [-0.3, -0.25) is 9.69 Å². The van der Waals surface area contributed by atoms with Gasteiger partial charge in [0.1, 0.15) is 6.07 Å².